The Morgan fingerprint density at radius 3 is 2.21 bits per heavy atom. The standard InChI is InChI=1S/C13H14F3NO2/c14-9-7-8(10(15)12(18)11(9)16)13(19)17-5-3-1-2-4-6-17/h7,18H,1-6H2. The van der Waals surface area contributed by atoms with Crippen LogP contribution in [-0.4, -0.2) is 29.0 Å². The van der Waals surface area contributed by atoms with Gasteiger partial charge in [-0.2, -0.15) is 4.39 Å². The van der Waals surface area contributed by atoms with Crippen LogP contribution in [0.5, 0.6) is 5.75 Å². The highest BCUT2D eigenvalue weighted by molar-refractivity contribution is 5.95. The molecule has 0 aromatic heterocycles. The maximum absolute atomic E-state index is 13.6. The number of amides is 1. The Labute approximate surface area is 108 Å². The van der Waals surface area contributed by atoms with Gasteiger partial charge in [0, 0.05) is 13.1 Å². The highest BCUT2D eigenvalue weighted by Crippen LogP contribution is 2.27. The van der Waals surface area contributed by atoms with Crippen molar-refractivity contribution in [3.8, 4) is 5.75 Å². The van der Waals surface area contributed by atoms with Crippen LogP contribution in [-0.2, 0) is 0 Å². The molecule has 1 aliphatic heterocycles. The van der Waals surface area contributed by atoms with Crippen molar-refractivity contribution in [3.63, 3.8) is 0 Å². The summed E-state index contributed by atoms with van der Waals surface area (Å²) in [7, 11) is 0. The van der Waals surface area contributed by atoms with Crippen LogP contribution in [0.2, 0.25) is 0 Å². The number of likely N-dealkylation sites (tertiary alicyclic amines) is 1. The summed E-state index contributed by atoms with van der Waals surface area (Å²) in [5.41, 5.74) is -0.627. The molecule has 0 atom stereocenters. The van der Waals surface area contributed by atoms with Crippen LogP contribution in [0.4, 0.5) is 13.2 Å². The first kappa shape index (κ1) is 13.7. The van der Waals surface area contributed by atoms with Crippen molar-refractivity contribution in [2.45, 2.75) is 25.7 Å². The average Bonchev–Trinajstić information content (AvgIpc) is 2.68. The molecule has 19 heavy (non-hydrogen) atoms. The monoisotopic (exact) mass is 273 g/mol. The molecule has 1 amide bonds. The summed E-state index contributed by atoms with van der Waals surface area (Å²) in [6.45, 7) is 0.913. The second-order valence-corrected chi connectivity index (χ2v) is 4.59. The number of aromatic hydroxyl groups is 1. The Bertz CT molecular complexity index is 497. The van der Waals surface area contributed by atoms with Gasteiger partial charge in [-0.05, 0) is 18.9 Å². The van der Waals surface area contributed by atoms with Crippen molar-refractivity contribution in [2.24, 2.45) is 0 Å². The number of hydrogen-bond acceptors (Lipinski definition) is 2. The van der Waals surface area contributed by atoms with Gasteiger partial charge in [0.1, 0.15) is 0 Å². The SMILES string of the molecule is O=C(c1cc(F)c(F)c(O)c1F)N1CCCCCC1. The molecule has 0 saturated carbocycles. The number of carbonyl (C=O) groups is 1. The van der Waals surface area contributed by atoms with E-state index < -0.39 is 34.7 Å². The number of halogens is 3. The Balaban J connectivity index is 2.33. The summed E-state index contributed by atoms with van der Waals surface area (Å²) in [5, 5.41) is 9.11. The lowest BCUT2D eigenvalue weighted by Gasteiger charge is -2.20. The predicted octanol–water partition coefficient (Wildman–Crippen LogP) is 2.83. The van der Waals surface area contributed by atoms with Gasteiger partial charge in [-0.15, -0.1) is 0 Å². The fourth-order valence-electron chi connectivity index (χ4n) is 2.19. The van der Waals surface area contributed by atoms with Gasteiger partial charge >= 0.3 is 0 Å². The lowest BCUT2D eigenvalue weighted by molar-refractivity contribution is 0.0755. The third kappa shape index (κ3) is 2.67. The molecule has 1 saturated heterocycles. The van der Waals surface area contributed by atoms with Crippen LogP contribution in [0, 0.1) is 17.5 Å². The average molecular weight is 273 g/mol. The molecule has 0 aliphatic carbocycles. The maximum atomic E-state index is 13.6. The van der Waals surface area contributed by atoms with Crippen LogP contribution in [0.1, 0.15) is 36.0 Å². The van der Waals surface area contributed by atoms with E-state index in [0.717, 1.165) is 25.7 Å². The molecule has 0 unspecified atom stereocenters. The van der Waals surface area contributed by atoms with E-state index in [1.807, 2.05) is 0 Å². The number of benzene rings is 1. The van der Waals surface area contributed by atoms with Crippen LogP contribution in [0.3, 0.4) is 0 Å². The highest BCUT2D eigenvalue weighted by Gasteiger charge is 2.26. The second kappa shape index (κ2) is 5.50. The summed E-state index contributed by atoms with van der Waals surface area (Å²) in [5.74, 6) is -6.68. The first-order chi connectivity index (χ1) is 9.02. The molecule has 104 valence electrons. The molecule has 1 aliphatic rings. The molecule has 1 fully saturated rings. The van der Waals surface area contributed by atoms with Crippen LogP contribution in [0.15, 0.2) is 6.07 Å². The van der Waals surface area contributed by atoms with E-state index in [4.69, 9.17) is 5.11 Å². The normalized spacial score (nSPS) is 16.3. The summed E-state index contributed by atoms with van der Waals surface area (Å²) in [6.07, 6.45) is 3.55. The smallest absolute Gasteiger partial charge is 0.257 e. The van der Waals surface area contributed by atoms with Crippen molar-refractivity contribution < 1.29 is 23.1 Å². The van der Waals surface area contributed by atoms with Gasteiger partial charge in [0.2, 0.25) is 5.82 Å². The number of nitrogens with zero attached hydrogens (tertiary/aromatic N) is 1. The summed E-state index contributed by atoms with van der Waals surface area (Å²) in [6, 6.07) is 0.498. The van der Waals surface area contributed by atoms with Crippen molar-refractivity contribution in [1.29, 1.82) is 0 Å². The van der Waals surface area contributed by atoms with Gasteiger partial charge in [-0.1, -0.05) is 12.8 Å². The zero-order chi connectivity index (χ0) is 14.0. The molecule has 0 spiro atoms. The molecule has 2 rings (SSSR count). The Hall–Kier alpha value is -1.72. The summed E-state index contributed by atoms with van der Waals surface area (Å²) >= 11 is 0. The third-order valence-corrected chi connectivity index (χ3v) is 3.26. The van der Waals surface area contributed by atoms with Crippen molar-refractivity contribution in [2.75, 3.05) is 13.1 Å². The number of carbonyl (C=O) groups excluding carboxylic acids is 1. The van der Waals surface area contributed by atoms with Crippen LogP contribution < -0.4 is 0 Å². The van der Waals surface area contributed by atoms with Crippen LogP contribution >= 0.6 is 0 Å². The molecular formula is C13H14F3NO2. The quantitative estimate of drug-likeness (QED) is 0.799. The lowest BCUT2D eigenvalue weighted by atomic mass is 10.1. The minimum Gasteiger partial charge on any atom is -0.503 e. The van der Waals surface area contributed by atoms with Gasteiger partial charge in [-0.25, -0.2) is 8.78 Å². The first-order valence-electron chi connectivity index (χ1n) is 6.18. The van der Waals surface area contributed by atoms with Crippen molar-refractivity contribution >= 4 is 5.91 Å². The van der Waals surface area contributed by atoms with Crippen LogP contribution in [0.25, 0.3) is 0 Å². The molecule has 1 aromatic rings. The van der Waals surface area contributed by atoms with E-state index in [0.29, 0.717) is 19.2 Å². The highest BCUT2D eigenvalue weighted by atomic mass is 19.2. The molecule has 0 radical (unpaired) electrons. The van der Waals surface area contributed by atoms with Gasteiger partial charge in [-0.3, -0.25) is 4.79 Å². The molecule has 3 nitrogen and oxygen atoms in total. The number of hydrogen-bond donors (Lipinski definition) is 1. The fourth-order valence-corrected chi connectivity index (χ4v) is 2.19. The zero-order valence-electron chi connectivity index (χ0n) is 10.3. The largest absolute Gasteiger partial charge is 0.503 e. The van der Waals surface area contributed by atoms with Crippen molar-refractivity contribution in [1.82, 2.24) is 4.90 Å². The van der Waals surface area contributed by atoms with E-state index in [9.17, 15) is 18.0 Å². The predicted molar refractivity (Wildman–Crippen MR) is 62.4 cm³/mol. The summed E-state index contributed by atoms with van der Waals surface area (Å²) in [4.78, 5) is 13.5. The lowest BCUT2D eigenvalue weighted by Crippen LogP contribution is -2.32. The molecular weight excluding hydrogens is 259 g/mol. The molecule has 6 heteroatoms. The zero-order valence-corrected chi connectivity index (χ0v) is 10.3. The van der Waals surface area contributed by atoms with E-state index in [-0.39, 0.29) is 0 Å². The van der Waals surface area contributed by atoms with Gasteiger partial charge in [0.15, 0.2) is 17.4 Å². The van der Waals surface area contributed by atoms with Gasteiger partial charge < -0.3 is 10.0 Å². The molecule has 1 N–H and O–H groups in total. The van der Waals surface area contributed by atoms with E-state index >= 15 is 0 Å². The minimum absolute atomic E-state index is 0.456. The number of rotatable bonds is 1. The maximum Gasteiger partial charge on any atom is 0.257 e. The fraction of sp³-hybridized carbons (Fsp3) is 0.462. The second-order valence-electron chi connectivity index (χ2n) is 4.59. The van der Waals surface area contributed by atoms with Crippen molar-refractivity contribution in [3.05, 3.63) is 29.1 Å². The Morgan fingerprint density at radius 2 is 1.63 bits per heavy atom. The van der Waals surface area contributed by atoms with E-state index in [1.165, 1.54) is 4.90 Å². The minimum atomic E-state index is -1.68. The Morgan fingerprint density at radius 1 is 1.05 bits per heavy atom. The van der Waals surface area contributed by atoms with E-state index in [1.54, 1.807) is 0 Å². The molecule has 1 aromatic carbocycles. The molecule has 1 heterocycles. The van der Waals surface area contributed by atoms with Gasteiger partial charge in [0.25, 0.3) is 5.91 Å². The number of phenols is 1. The van der Waals surface area contributed by atoms with Gasteiger partial charge in [0.05, 0.1) is 5.56 Å². The Kier molecular flexibility index (Phi) is 3.97. The van der Waals surface area contributed by atoms with E-state index in [2.05, 4.69) is 0 Å². The topological polar surface area (TPSA) is 40.5 Å². The first-order valence-corrected chi connectivity index (χ1v) is 6.18. The molecule has 0 bridgehead atoms. The number of phenolic OH excluding ortho intramolecular Hbond substituents is 1. The third-order valence-electron chi connectivity index (χ3n) is 3.26. The summed E-state index contributed by atoms with van der Waals surface area (Å²) < 4.78 is 39.8.